The first-order valence-corrected chi connectivity index (χ1v) is 7.43. The van der Waals surface area contributed by atoms with Gasteiger partial charge < -0.3 is 10.1 Å². The Bertz CT molecular complexity index is 575. The van der Waals surface area contributed by atoms with Gasteiger partial charge in [0.1, 0.15) is 6.61 Å². The Morgan fingerprint density at radius 2 is 2.10 bits per heavy atom. The van der Waals surface area contributed by atoms with Gasteiger partial charge in [0.2, 0.25) is 11.8 Å². The normalized spacial score (nSPS) is 10.3. The molecular formula is C15H18BrN3O. The number of aryl methyl sites for hydroxylation is 1. The molecule has 1 heterocycles. The van der Waals surface area contributed by atoms with Crippen molar-refractivity contribution in [1.29, 1.82) is 0 Å². The first kappa shape index (κ1) is 14.8. The molecule has 0 saturated carbocycles. The van der Waals surface area contributed by atoms with Crippen LogP contribution in [0.2, 0.25) is 0 Å². The van der Waals surface area contributed by atoms with Gasteiger partial charge in [-0.1, -0.05) is 41.1 Å². The van der Waals surface area contributed by atoms with Gasteiger partial charge in [-0.15, -0.1) is 0 Å². The summed E-state index contributed by atoms with van der Waals surface area (Å²) in [6, 6.07) is 8.00. The van der Waals surface area contributed by atoms with Crippen LogP contribution in [-0.2, 0) is 6.61 Å². The number of rotatable bonds is 6. The van der Waals surface area contributed by atoms with Gasteiger partial charge in [0, 0.05) is 28.3 Å². The molecule has 0 aliphatic rings. The van der Waals surface area contributed by atoms with Gasteiger partial charge >= 0.3 is 0 Å². The summed E-state index contributed by atoms with van der Waals surface area (Å²) < 4.78 is 6.84. The zero-order valence-electron chi connectivity index (χ0n) is 11.7. The van der Waals surface area contributed by atoms with Gasteiger partial charge in [0.25, 0.3) is 0 Å². The molecule has 0 aliphatic heterocycles. The highest BCUT2D eigenvalue weighted by Gasteiger charge is 2.06. The summed E-state index contributed by atoms with van der Waals surface area (Å²) in [6.07, 6.45) is 2.81. The lowest BCUT2D eigenvalue weighted by Gasteiger charge is -2.10. The molecule has 106 valence electrons. The molecule has 0 spiro atoms. The lowest BCUT2D eigenvalue weighted by atomic mass is 10.2. The fraction of sp³-hybridized carbons (Fsp3) is 0.333. The monoisotopic (exact) mass is 335 g/mol. The quantitative estimate of drug-likeness (QED) is 0.868. The lowest BCUT2D eigenvalue weighted by molar-refractivity contribution is 0.290. The van der Waals surface area contributed by atoms with E-state index in [4.69, 9.17) is 4.74 Å². The van der Waals surface area contributed by atoms with E-state index in [2.05, 4.69) is 38.1 Å². The molecule has 0 atom stereocenters. The van der Waals surface area contributed by atoms with Gasteiger partial charge in [-0.25, -0.2) is 4.98 Å². The summed E-state index contributed by atoms with van der Waals surface area (Å²) >= 11 is 3.51. The summed E-state index contributed by atoms with van der Waals surface area (Å²) in [5.74, 6) is 1.23. The van der Waals surface area contributed by atoms with Crippen molar-refractivity contribution < 1.29 is 4.74 Å². The van der Waals surface area contributed by atoms with Crippen molar-refractivity contribution >= 4 is 21.9 Å². The molecule has 0 radical (unpaired) electrons. The number of halogens is 1. The number of aromatic nitrogens is 2. The van der Waals surface area contributed by atoms with Crippen molar-refractivity contribution in [2.24, 2.45) is 0 Å². The molecule has 1 N–H and O–H groups in total. The SMILES string of the molecule is CCCNc1ncc(C)c(OCc2ccccc2Br)n1. The lowest BCUT2D eigenvalue weighted by Crippen LogP contribution is -2.07. The third-order valence-corrected chi connectivity index (χ3v) is 3.55. The second-order valence-corrected chi connectivity index (χ2v) is 5.34. The van der Waals surface area contributed by atoms with Crippen LogP contribution in [0.5, 0.6) is 5.88 Å². The summed E-state index contributed by atoms with van der Waals surface area (Å²) in [5, 5.41) is 3.16. The Balaban J connectivity index is 2.07. The van der Waals surface area contributed by atoms with Gasteiger partial charge in [0.15, 0.2) is 0 Å². The average Bonchev–Trinajstić information content (AvgIpc) is 2.46. The zero-order valence-corrected chi connectivity index (χ0v) is 13.3. The molecule has 1 aromatic heterocycles. The maximum absolute atomic E-state index is 5.80. The van der Waals surface area contributed by atoms with Crippen LogP contribution >= 0.6 is 15.9 Å². The molecule has 0 unspecified atom stereocenters. The van der Waals surface area contributed by atoms with E-state index in [9.17, 15) is 0 Å². The van der Waals surface area contributed by atoms with Crippen molar-refractivity contribution in [3.63, 3.8) is 0 Å². The Hall–Kier alpha value is -1.62. The van der Waals surface area contributed by atoms with Crippen molar-refractivity contribution in [3.8, 4) is 5.88 Å². The topological polar surface area (TPSA) is 47.0 Å². The average molecular weight is 336 g/mol. The molecule has 5 heteroatoms. The van der Waals surface area contributed by atoms with Crippen molar-refractivity contribution in [2.45, 2.75) is 26.9 Å². The first-order chi connectivity index (χ1) is 9.70. The molecule has 0 fully saturated rings. The third-order valence-electron chi connectivity index (χ3n) is 2.78. The number of benzene rings is 1. The van der Waals surface area contributed by atoms with Crippen LogP contribution in [0.4, 0.5) is 5.95 Å². The first-order valence-electron chi connectivity index (χ1n) is 6.64. The van der Waals surface area contributed by atoms with Crippen LogP contribution in [-0.4, -0.2) is 16.5 Å². The van der Waals surface area contributed by atoms with Gasteiger partial charge in [0.05, 0.1) is 0 Å². The number of hydrogen-bond acceptors (Lipinski definition) is 4. The van der Waals surface area contributed by atoms with Crippen LogP contribution in [0.15, 0.2) is 34.9 Å². The minimum absolute atomic E-state index is 0.479. The smallest absolute Gasteiger partial charge is 0.225 e. The number of hydrogen-bond donors (Lipinski definition) is 1. The summed E-state index contributed by atoms with van der Waals surface area (Å²) in [4.78, 5) is 8.63. The predicted octanol–water partition coefficient (Wildman–Crippen LogP) is 3.95. The third kappa shape index (κ3) is 3.93. The number of anilines is 1. The summed E-state index contributed by atoms with van der Waals surface area (Å²) in [6.45, 7) is 5.38. The van der Waals surface area contributed by atoms with Gasteiger partial charge in [-0.2, -0.15) is 4.98 Å². The number of nitrogens with one attached hydrogen (secondary N) is 1. The fourth-order valence-corrected chi connectivity index (χ4v) is 2.06. The Labute approximate surface area is 127 Å². The van der Waals surface area contributed by atoms with E-state index in [1.807, 2.05) is 31.2 Å². The Kier molecular flexibility index (Phi) is 5.35. The maximum Gasteiger partial charge on any atom is 0.225 e. The Morgan fingerprint density at radius 3 is 2.85 bits per heavy atom. The fourth-order valence-electron chi connectivity index (χ4n) is 1.66. The Morgan fingerprint density at radius 1 is 1.30 bits per heavy atom. The molecule has 0 bridgehead atoms. The molecule has 1 aromatic carbocycles. The molecule has 0 amide bonds. The van der Waals surface area contributed by atoms with E-state index in [0.717, 1.165) is 28.6 Å². The second kappa shape index (κ2) is 7.24. The largest absolute Gasteiger partial charge is 0.472 e. The van der Waals surface area contributed by atoms with Crippen LogP contribution in [0.3, 0.4) is 0 Å². The van der Waals surface area contributed by atoms with Crippen LogP contribution in [0.1, 0.15) is 24.5 Å². The molecular weight excluding hydrogens is 318 g/mol. The van der Waals surface area contributed by atoms with E-state index < -0.39 is 0 Å². The highest BCUT2D eigenvalue weighted by atomic mass is 79.9. The predicted molar refractivity (Wildman–Crippen MR) is 84.0 cm³/mol. The van der Waals surface area contributed by atoms with Crippen molar-refractivity contribution in [1.82, 2.24) is 9.97 Å². The molecule has 2 rings (SSSR count). The van der Waals surface area contributed by atoms with Crippen LogP contribution < -0.4 is 10.1 Å². The zero-order chi connectivity index (χ0) is 14.4. The van der Waals surface area contributed by atoms with E-state index in [-0.39, 0.29) is 0 Å². The van der Waals surface area contributed by atoms with Crippen LogP contribution in [0.25, 0.3) is 0 Å². The minimum atomic E-state index is 0.479. The molecule has 0 aliphatic carbocycles. The number of ether oxygens (including phenoxy) is 1. The minimum Gasteiger partial charge on any atom is -0.472 e. The van der Waals surface area contributed by atoms with Crippen molar-refractivity contribution in [3.05, 3.63) is 46.1 Å². The summed E-state index contributed by atoms with van der Waals surface area (Å²) in [5.41, 5.74) is 2.02. The number of nitrogens with zero attached hydrogens (tertiary/aromatic N) is 2. The molecule has 4 nitrogen and oxygen atoms in total. The maximum atomic E-state index is 5.80. The molecule has 0 saturated heterocycles. The van der Waals surface area contributed by atoms with E-state index >= 15 is 0 Å². The van der Waals surface area contributed by atoms with Crippen LogP contribution in [0, 0.1) is 6.92 Å². The van der Waals surface area contributed by atoms with E-state index in [1.165, 1.54) is 0 Å². The van der Waals surface area contributed by atoms with Gasteiger partial charge in [-0.3, -0.25) is 0 Å². The van der Waals surface area contributed by atoms with E-state index in [0.29, 0.717) is 18.4 Å². The highest BCUT2D eigenvalue weighted by molar-refractivity contribution is 9.10. The summed E-state index contributed by atoms with van der Waals surface area (Å²) in [7, 11) is 0. The highest BCUT2D eigenvalue weighted by Crippen LogP contribution is 2.20. The second-order valence-electron chi connectivity index (χ2n) is 4.49. The molecule has 20 heavy (non-hydrogen) atoms. The standard InChI is InChI=1S/C15H18BrN3O/c1-3-8-17-15-18-9-11(2)14(19-15)20-10-12-6-4-5-7-13(12)16/h4-7,9H,3,8,10H2,1-2H3,(H,17,18,19). The van der Waals surface area contributed by atoms with Crippen molar-refractivity contribution in [2.75, 3.05) is 11.9 Å². The van der Waals surface area contributed by atoms with E-state index in [1.54, 1.807) is 6.20 Å². The van der Waals surface area contributed by atoms with Gasteiger partial charge in [-0.05, 0) is 19.4 Å². The molecule has 2 aromatic rings.